The van der Waals surface area contributed by atoms with Gasteiger partial charge in [-0.3, -0.25) is 0 Å². The van der Waals surface area contributed by atoms with Crippen molar-refractivity contribution in [2.24, 2.45) is 0 Å². The first kappa shape index (κ1) is 15.1. The number of aromatic nitrogens is 2. The Hall–Kier alpha value is -1.79. The van der Waals surface area contributed by atoms with Gasteiger partial charge in [0.1, 0.15) is 5.75 Å². The molecule has 0 bridgehead atoms. The Morgan fingerprint density at radius 2 is 2.09 bits per heavy atom. The zero-order chi connectivity index (χ0) is 15.2. The molecule has 4 nitrogen and oxygen atoms in total. The van der Waals surface area contributed by atoms with Crippen molar-refractivity contribution in [2.45, 2.75) is 12.7 Å². The van der Waals surface area contributed by atoms with Gasteiger partial charge in [0.2, 0.25) is 11.7 Å². The van der Waals surface area contributed by atoms with Crippen molar-refractivity contribution in [3.8, 4) is 16.5 Å². The van der Waals surface area contributed by atoms with Gasteiger partial charge in [-0.05, 0) is 30.5 Å². The molecule has 0 saturated carbocycles. The smallest absolute Gasteiger partial charge is 0.236 e. The number of rotatable bonds is 7. The highest BCUT2D eigenvalue weighted by Crippen LogP contribution is 2.22. The van der Waals surface area contributed by atoms with Gasteiger partial charge in [-0.1, -0.05) is 28.9 Å². The first-order valence-electron chi connectivity index (χ1n) is 6.95. The molecule has 0 atom stereocenters. The molecule has 0 N–H and O–H groups in total. The van der Waals surface area contributed by atoms with Crippen LogP contribution in [0.4, 0.5) is 0 Å². The molecule has 0 spiro atoms. The van der Waals surface area contributed by atoms with Gasteiger partial charge in [0.25, 0.3) is 0 Å². The number of hydrogen-bond acceptors (Lipinski definition) is 6. The predicted molar refractivity (Wildman–Crippen MR) is 90.4 cm³/mol. The highest BCUT2D eigenvalue weighted by molar-refractivity contribution is 7.98. The van der Waals surface area contributed by atoms with E-state index in [0.29, 0.717) is 24.1 Å². The third-order valence-corrected chi connectivity index (χ3v) is 4.72. The molecule has 114 valence electrons. The van der Waals surface area contributed by atoms with Crippen LogP contribution in [0.2, 0.25) is 0 Å². The summed E-state index contributed by atoms with van der Waals surface area (Å²) < 4.78 is 10.9. The van der Waals surface area contributed by atoms with Gasteiger partial charge in [0.15, 0.2) is 0 Å². The highest BCUT2D eigenvalue weighted by atomic mass is 32.2. The average molecular weight is 332 g/mol. The third-order valence-electron chi connectivity index (χ3n) is 2.95. The largest absolute Gasteiger partial charge is 0.493 e. The van der Waals surface area contributed by atoms with Crippen molar-refractivity contribution in [1.29, 1.82) is 0 Å². The van der Waals surface area contributed by atoms with E-state index in [-0.39, 0.29) is 0 Å². The number of ether oxygens (including phenoxy) is 1. The topological polar surface area (TPSA) is 48.2 Å². The van der Waals surface area contributed by atoms with Crippen LogP contribution >= 0.6 is 23.1 Å². The summed E-state index contributed by atoms with van der Waals surface area (Å²) in [6.07, 6.45) is 0. The van der Waals surface area contributed by atoms with E-state index in [9.17, 15) is 0 Å². The second-order valence-electron chi connectivity index (χ2n) is 4.70. The van der Waals surface area contributed by atoms with E-state index in [2.05, 4.69) is 17.1 Å². The summed E-state index contributed by atoms with van der Waals surface area (Å²) in [7, 11) is 0. The van der Waals surface area contributed by atoms with E-state index in [1.165, 1.54) is 5.56 Å². The van der Waals surface area contributed by atoms with Crippen LogP contribution in [-0.4, -0.2) is 22.5 Å². The number of hydrogen-bond donors (Lipinski definition) is 0. The zero-order valence-electron chi connectivity index (χ0n) is 12.2. The quantitative estimate of drug-likeness (QED) is 0.599. The lowest BCUT2D eigenvalue weighted by Crippen LogP contribution is -2.00. The van der Waals surface area contributed by atoms with Gasteiger partial charge in [0.05, 0.1) is 17.2 Å². The van der Waals surface area contributed by atoms with Crippen molar-refractivity contribution >= 4 is 23.1 Å². The van der Waals surface area contributed by atoms with Crippen LogP contribution in [0.3, 0.4) is 0 Å². The van der Waals surface area contributed by atoms with Crippen LogP contribution < -0.4 is 4.74 Å². The van der Waals surface area contributed by atoms with Gasteiger partial charge in [-0.25, -0.2) is 0 Å². The van der Waals surface area contributed by atoms with Crippen LogP contribution in [-0.2, 0) is 5.75 Å². The lowest BCUT2D eigenvalue weighted by atomic mass is 10.2. The molecule has 2 aromatic heterocycles. The molecule has 3 aromatic rings. The Balaban J connectivity index is 1.39. The molecular formula is C16H16N2O2S2. The molecule has 3 rings (SSSR count). The van der Waals surface area contributed by atoms with Crippen molar-refractivity contribution in [3.05, 3.63) is 53.2 Å². The van der Waals surface area contributed by atoms with Crippen LogP contribution in [0.25, 0.3) is 10.7 Å². The van der Waals surface area contributed by atoms with Crippen LogP contribution in [0, 0.1) is 6.92 Å². The summed E-state index contributed by atoms with van der Waals surface area (Å²) in [5.41, 5.74) is 1.24. The predicted octanol–water partition coefficient (Wildman–Crippen LogP) is 4.42. The van der Waals surface area contributed by atoms with Crippen LogP contribution in [0.5, 0.6) is 5.75 Å². The zero-order valence-corrected chi connectivity index (χ0v) is 13.8. The van der Waals surface area contributed by atoms with E-state index in [4.69, 9.17) is 9.26 Å². The lowest BCUT2D eigenvalue weighted by Gasteiger charge is -2.05. The number of thiophene rings is 1. The van der Waals surface area contributed by atoms with Gasteiger partial charge in [-0.2, -0.15) is 4.98 Å². The van der Waals surface area contributed by atoms with E-state index in [1.807, 2.05) is 41.8 Å². The standard InChI is InChI=1S/C16H16N2O2S2/c1-12-4-6-13(7-5-12)19-8-10-21-11-15-17-16(18-20-15)14-3-2-9-22-14/h2-7,9H,8,10-11H2,1H3. The van der Waals surface area contributed by atoms with Gasteiger partial charge >= 0.3 is 0 Å². The Morgan fingerprint density at radius 1 is 1.23 bits per heavy atom. The summed E-state index contributed by atoms with van der Waals surface area (Å²) in [5, 5.41) is 6.00. The monoisotopic (exact) mass is 332 g/mol. The van der Waals surface area contributed by atoms with Gasteiger partial charge in [-0.15, -0.1) is 23.1 Å². The van der Waals surface area contributed by atoms with Crippen molar-refractivity contribution < 1.29 is 9.26 Å². The Morgan fingerprint density at radius 3 is 2.86 bits per heavy atom. The number of aryl methyl sites for hydroxylation is 1. The number of benzene rings is 1. The fourth-order valence-corrected chi connectivity index (χ4v) is 3.12. The maximum absolute atomic E-state index is 5.68. The SMILES string of the molecule is Cc1ccc(OCCSCc2nc(-c3cccs3)no2)cc1. The molecule has 6 heteroatoms. The van der Waals surface area contributed by atoms with Crippen LogP contribution in [0.15, 0.2) is 46.3 Å². The average Bonchev–Trinajstić information content (AvgIpc) is 3.19. The molecule has 0 aliphatic heterocycles. The first-order valence-corrected chi connectivity index (χ1v) is 8.98. The minimum absolute atomic E-state index is 0.656. The van der Waals surface area contributed by atoms with Crippen molar-refractivity contribution in [1.82, 2.24) is 10.1 Å². The van der Waals surface area contributed by atoms with Gasteiger partial charge in [0, 0.05) is 5.75 Å². The summed E-state index contributed by atoms with van der Waals surface area (Å²) in [5.74, 6) is 3.81. The molecular weight excluding hydrogens is 316 g/mol. The van der Waals surface area contributed by atoms with E-state index >= 15 is 0 Å². The molecule has 0 unspecified atom stereocenters. The first-order chi connectivity index (χ1) is 10.8. The Labute approximate surface area is 137 Å². The summed E-state index contributed by atoms with van der Waals surface area (Å²) in [6, 6.07) is 12.0. The molecule has 22 heavy (non-hydrogen) atoms. The number of thioether (sulfide) groups is 1. The Kier molecular flexibility index (Phi) is 5.13. The van der Waals surface area contributed by atoms with E-state index in [0.717, 1.165) is 16.4 Å². The molecule has 0 amide bonds. The molecule has 0 aliphatic rings. The minimum Gasteiger partial charge on any atom is -0.493 e. The fraction of sp³-hybridized carbons (Fsp3) is 0.250. The molecule has 0 saturated heterocycles. The van der Waals surface area contributed by atoms with E-state index in [1.54, 1.807) is 23.1 Å². The molecule has 1 aromatic carbocycles. The Bertz CT molecular complexity index is 693. The molecule has 0 aliphatic carbocycles. The molecule has 0 radical (unpaired) electrons. The highest BCUT2D eigenvalue weighted by Gasteiger charge is 2.09. The maximum Gasteiger partial charge on any atom is 0.236 e. The van der Waals surface area contributed by atoms with Crippen LogP contribution in [0.1, 0.15) is 11.5 Å². The summed E-state index contributed by atoms with van der Waals surface area (Å²) in [4.78, 5) is 5.42. The third kappa shape index (κ3) is 4.11. The maximum atomic E-state index is 5.68. The summed E-state index contributed by atoms with van der Waals surface area (Å²) in [6.45, 7) is 2.73. The number of nitrogens with zero attached hydrogens (tertiary/aromatic N) is 2. The molecule has 2 heterocycles. The fourth-order valence-electron chi connectivity index (χ4n) is 1.83. The van der Waals surface area contributed by atoms with Crippen molar-refractivity contribution in [3.63, 3.8) is 0 Å². The molecule has 0 fully saturated rings. The minimum atomic E-state index is 0.656. The normalized spacial score (nSPS) is 10.8. The lowest BCUT2D eigenvalue weighted by molar-refractivity contribution is 0.343. The van der Waals surface area contributed by atoms with Gasteiger partial charge < -0.3 is 9.26 Å². The van der Waals surface area contributed by atoms with Crippen molar-refractivity contribution in [2.75, 3.05) is 12.4 Å². The van der Waals surface area contributed by atoms with E-state index < -0.39 is 0 Å². The second-order valence-corrected chi connectivity index (χ2v) is 6.76. The summed E-state index contributed by atoms with van der Waals surface area (Å²) >= 11 is 3.33. The second kappa shape index (κ2) is 7.47.